The zero-order chi connectivity index (χ0) is 13.1. The van der Waals surface area contributed by atoms with Crippen LogP contribution in [0.4, 0.5) is 0 Å². The van der Waals surface area contributed by atoms with Gasteiger partial charge < -0.3 is 9.72 Å². The highest BCUT2D eigenvalue weighted by atomic mass is 35.5. The van der Waals surface area contributed by atoms with Gasteiger partial charge in [-0.3, -0.25) is 0 Å². The summed E-state index contributed by atoms with van der Waals surface area (Å²) in [6.07, 6.45) is 1.91. The number of fused-ring (bicyclic) bond motifs is 1. The van der Waals surface area contributed by atoms with E-state index in [9.17, 15) is 0 Å². The number of para-hydroxylation sites is 1. The lowest BCUT2D eigenvalue weighted by Gasteiger charge is -2.09. The van der Waals surface area contributed by atoms with E-state index in [4.69, 9.17) is 16.3 Å². The van der Waals surface area contributed by atoms with Gasteiger partial charge in [0.15, 0.2) is 0 Å². The molecule has 3 heteroatoms. The molecule has 0 bridgehead atoms. The minimum absolute atomic E-state index is 0.635. The van der Waals surface area contributed by atoms with Gasteiger partial charge in [-0.1, -0.05) is 29.8 Å². The molecule has 0 atom stereocenters. The summed E-state index contributed by atoms with van der Waals surface area (Å²) in [4.78, 5) is 3.16. The molecule has 1 heterocycles. The Labute approximate surface area is 116 Å². The Balaban J connectivity index is 1.94. The fourth-order valence-electron chi connectivity index (χ4n) is 1.97. The number of aromatic nitrogens is 1. The van der Waals surface area contributed by atoms with E-state index < -0.39 is 0 Å². The first-order valence-corrected chi connectivity index (χ1v) is 6.41. The lowest BCUT2D eigenvalue weighted by molar-refractivity contribution is 0.516. The minimum Gasteiger partial charge on any atom is -0.456 e. The Morgan fingerprint density at radius 3 is 2.68 bits per heavy atom. The number of ether oxygens (including phenoxy) is 1. The predicted molar refractivity (Wildman–Crippen MR) is 79.2 cm³/mol. The van der Waals surface area contributed by atoms with E-state index >= 15 is 0 Å². The molecule has 0 saturated heterocycles. The first kappa shape index (κ1) is 11.9. The lowest BCUT2D eigenvalue weighted by Crippen LogP contribution is -1.94. The first-order valence-electron chi connectivity index (χ1n) is 5.97. The van der Waals surface area contributed by atoms with Crippen molar-refractivity contribution >= 4 is 28.3 Å². The highest BCUT2D eigenvalue weighted by Gasteiger charge is 2.05. The van der Waals surface area contributed by atoms with E-state index in [-0.39, 0.29) is 0 Å². The molecule has 1 aromatic heterocycles. The second kappa shape index (κ2) is 5.21. The minimum atomic E-state index is 0.635. The van der Waals surface area contributed by atoms with Crippen molar-refractivity contribution in [3.05, 3.63) is 71.9 Å². The molecular formula is C16H12ClNO. The maximum Gasteiger partial charge on any atom is 0.145 e. The number of nitrogens with one attached hydrogen (secondary N) is 1. The van der Waals surface area contributed by atoms with Crippen LogP contribution in [0.25, 0.3) is 16.7 Å². The van der Waals surface area contributed by atoms with Crippen LogP contribution in [0.5, 0.6) is 5.75 Å². The Hall–Kier alpha value is -2.19. The van der Waals surface area contributed by atoms with E-state index in [1.165, 1.54) is 5.54 Å². The molecule has 0 spiro atoms. The molecule has 3 rings (SSSR count). The molecule has 0 aliphatic heterocycles. The van der Waals surface area contributed by atoms with Crippen LogP contribution >= 0.6 is 11.6 Å². The number of rotatable bonds is 3. The van der Waals surface area contributed by atoms with E-state index in [0.29, 0.717) is 5.76 Å². The number of H-pyrrole nitrogens is 1. The van der Waals surface area contributed by atoms with Crippen LogP contribution in [0, 0.1) is 0 Å². The first-order chi connectivity index (χ1) is 9.36. The second-order valence-corrected chi connectivity index (χ2v) is 4.39. The van der Waals surface area contributed by atoms with Gasteiger partial charge in [-0.2, -0.15) is 0 Å². The summed E-state index contributed by atoms with van der Waals surface area (Å²) in [5.41, 5.74) is 3.50. The van der Waals surface area contributed by atoms with Crippen molar-refractivity contribution in [2.24, 2.45) is 0 Å². The van der Waals surface area contributed by atoms with Gasteiger partial charge >= 0.3 is 0 Å². The summed E-state index contributed by atoms with van der Waals surface area (Å²) < 4.78 is 5.79. The van der Waals surface area contributed by atoms with Crippen LogP contribution in [0.1, 0.15) is 5.56 Å². The number of aromatic amines is 1. The molecular weight excluding hydrogens is 258 g/mol. The molecule has 0 amide bonds. The smallest absolute Gasteiger partial charge is 0.145 e. The molecule has 0 radical (unpaired) electrons. The largest absolute Gasteiger partial charge is 0.456 e. The van der Waals surface area contributed by atoms with Crippen molar-refractivity contribution in [2.75, 3.05) is 0 Å². The van der Waals surface area contributed by atoms with Crippen molar-refractivity contribution in [3.63, 3.8) is 0 Å². The summed E-state index contributed by atoms with van der Waals surface area (Å²) in [5.74, 6) is 1.40. The van der Waals surface area contributed by atoms with Crippen molar-refractivity contribution in [1.82, 2.24) is 4.98 Å². The van der Waals surface area contributed by atoms with Gasteiger partial charge in [-0.05, 0) is 36.4 Å². The molecule has 19 heavy (non-hydrogen) atoms. The van der Waals surface area contributed by atoms with E-state index in [0.717, 1.165) is 22.2 Å². The Kier molecular flexibility index (Phi) is 3.25. The average Bonchev–Trinajstić information content (AvgIpc) is 2.93. The van der Waals surface area contributed by atoms with E-state index in [2.05, 4.69) is 4.98 Å². The molecule has 0 saturated carbocycles. The van der Waals surface area contributed by atoms with Crippen LogP contribution in [-0.4, -0.2) is 4.98 Å². The lowest BCUT2D eigenvalue weighted by atomic mass is 10.1. The standard InChI is InChI=1S/C16H12ClNO/c17-11-16(19-14-4-2-1-3-5-14)13-6-7-15-12(10-13)8-9-18-15/h1-11,18H/b16-11-. The molecule has 94 valence electrons. The molecule has 0 unspecified atom stereocenters. The van der Waals surface area contributed by atoms with Crippen LogP contribution < -0.4 is 4.74 Å². The van der Waals surface area contributed by atoms with Crippen LogP contribution in [0.3, 0.4) is 0 Å². The van der Waals surface area contributed by atoms with Crippen molar-refractivity contribution < 1.29 is 4.74 Å². The third-order valence-electron chi connectivity index (χ3n) is 2.91. The monoisotopic (exact) mass is 269 g/mol. The van der Waals surface area contributed by atoms with Gasteiger partial charge in [0.25, 0.3) is 0 Å². The van der Waals surface area contributed by atoms with Gasteiger partial charge in [0, 0.05) is 28.2 Å². The van der Waals surface area contributed by atoms with Gasteiger partial charge in [0.1, 0.15) is 11.5 Å². The average molecular weight is 270 g/mol. The number of hydrogen-bond donors (Lipinski definition) is 1. The van der Waals surface area contributed by atoms with E-state index in [1.807, 2.05) is 60.8 Å². The van der Waals surface area contributed by atoms with Crippen LogP contribution in [0.2, 0.25) is 0 Å². The SMILES string of the molecule is Cl/C=C(\Oc1ccccc1)c1ccc2[nH]ccc2c1. The highest BCUT2D eigenvalue weighted by Crippen LogP contribution is 2.24. The maximum absolute atomic E-state index is 5.88. The van der Waals surface area contributed by atoms with Gasteiger partial charge in [-0.25, -0.2) is 0 Å². The molecule has 2 nitrogen and oxygen atoms in total. The van der Waals surface area contributed by atoms with Crippen LogP contribution in [-0.2, 0) is 0 Å². The Bertz CT molecular complexity index is 716. The van der Waals surface area contributed by atoms with Crippen LogP contribution in [0.15, 0.2) is 66.3 Å². The molecule has 1 N–H and O–H groups in total. The third-order valence-corrected chi connectivity index (χ3v) is 3.11. The Morgan fingerprint density at radius 2 is 1.89 bits per heavy atom. The maximum atomic E-state index is 5.88. The predicted octanol–water partition coefficient (Wildman–Crippen LogP) is 4.78. The summed E-state index contributed by atoms with van der Waals surface area (Å²) in [7, 11) is 0. The molecule has 0 aliphatic rings. The highest BCUT2D eigenvalue weighted by molar-refractivity contribution is 6.28. The number of benzene rings is 2. The fourth-order valence-corrected chi connectivity index (χ4v) is 2.14. The molecule has 0 fully saturated rings. The normalized spacial score (nSPS) is 11.7. The second-order valence-electron chi connectivity index (χ2n) is 4.17. The Morgan fingerprint density at radius 1 is 1.05 bits per heavy atom. The van der Waals surface area contributed by atoms with Crippen molar-refractivity contribution in [2.45, 2.75) is 0 Å². The zero-order valence-corrected chi connectivity index (χ0v) is 10.9. The van der Waals surface area contributed by atoms with E-state index in [1.54, 1.807) is 0 Å². The topological polar surface area (TPSA) is 25.0 Å². The number of hydrogen-bond acceptors (Lipinski definition) is 1. The van der Waals surface area contributed by atoms with Crippen molar-refractivity contribution in [1.29, 1.82) is 0 Å². The summed E-state index contributed by atoms with van der Waals surface area (Å²) >= 11 is 5.88. The molecule has 0 aliphatic carbocycles. The molecule has 3 aromatic rings. The zero-order valence-electron chi connectivity index (χ0n) is 10.1. The molecule has 2 aromatic carbocycles. The quantitative estimate of drug-likeness (QED) is 0.680. The summed E-state index contributed by atoms with van der Waals surface area (Å²) in [6.45, 7) is 0. The summed E-state index contributed by atoms with van der Waals surface area (Å²) in [6, 6.07) is 17.7. The van der Waals surface area contributed by atoms with Crippen molar-refractivity contribution in [3.8, 4) is 5.75 Å². The van der Waals surface area contributed by atoms with Gasteiger partial charge in [0.05, 0.1) is 0 Å². The third kappa shape index (κ3) is 2.49. The summed E-state index contributed by atoms with van der Waals surface area (Å²) in [5, 5.41) is 1.13. The van der Waals surface area contributed by atoms with Gasteiger partial charge in [0.2, 0.25) is 0 Å². The van der Waals surface area contributed by atoms with Gasteiger partial charge in [-0.15, -0.1) is 0 Å². The fraction of sp³-hybridized carbons (Fsp3) is 0. The number of halogens is 1.